The van der Waals surface area contributed by atoms with E-state index in [9.17, 15) is 4.79 Å². The van der Waals surface area contributed by atoms with Gasteiger partial charge in [0.25, 0.3) is 0 Å². The van der Waals surface area contributed by atoms with Gasteiger partial charge in [0.1, 0.15) is 5.01 Å². The second-order valence-corrected chi connectivity index (χ2v) is 8.03. The maximum absolute atomic E-state index is 11.9. The number of primary amides is 1. The SMILES string of the molecule is CCCNC1(C(N)=O)CCCC(Sc2nnc(C)s2)C1. The lowest BCUT2D eigenvalue weighted by Gasteiger charge is -2.38. The van der Waals surface area contributed by atoms with Crippen LogP contribution in [0.25, 0.3) is 0 Å². The zero-order chi connectivity index (χ0) is 14.6. The van der Waals surface area contributed by atoms with Crippen molar-refractivity contribution in [3.05, 3.63) is 5.01 Å². The van der Waals surface area contributed by atoms with Crippen LogP contribution >= 0.6 is 23.1 Å². The van der Waals surface area contributed by atoms with Crippen molar-refractivity contribution in [1.82, 2.24) is 15.5 Å². The molecule has 0 radical (unpaired) electrons. The Bertz CT molecular complexity index is 465. The van der Waals surface area contributed by atoms with E-state index in [0.29, 0.717) is 5.25 Å². The lowest BCUT2D eigenvalue weighted by molar-refractivity contribution is -0.125. The van der Waals surface area contributed by atoms with Crippen molar-refractivity contribution < 1.29 is 4.79 Å². The predicted octanol–water partition coefficient (Wildman–Crippen LogP) is 2.10. The number of aromatic nitrogens is 2. The van der Waals surface area contributed by atoms with Crippen LogP contribution in [0.15, 0.2) is 4.34 Å². The average molecular weight is 314 g/mol. The van der Waals surface area contributed by atoms with Crippen molar-refractivity contribution in [3.63, 3.8) is 0 Å². The summed E-state index contributed by atoms with van der Waals surface area (Å²) in [5, 5.41) is 13.0. The number of nitrogens with two attached hydrogens (primary N) is 1. The van der Waals surface area contributed by atoms with Gasteiger partial charge < -0.3 is 11.1 Å². The maximum Gasteiger partial charge on any atom is 0.237 e. The second kappa shape index (κ2) is 6.87. The summed E-state index contributed by atoms with van der Waals surface area (Å²) in [6.07, 6.45) is 4.75. The molecule has 2 rings (SSSR count). The zero-order valence-corrected chi connectivity index (χ0v) is 13.6. The van der Waals surface area contributed by atoms with E-state index in [1.165, 1.54) is 0 Å². The predicted molar refractivity (Wildman–Crippen MR) is 83.0 cm³/mol. The van der Waals surface area contributed by atoms with Crippen molar-refractivity contribution in [2.24, 2.45) is 5.73 Å². The topological polar surface area (TPSA) is 80.9 Å². The van der Waals surface area contributed by atoms with Crippen LogP contribution in [0.2, 0.25) is 0 Å². The summed E-state index contributed by atoms with van der Waals surface area (Å²) in [6, 6.07) is 0. The second-order valence-electron chi connectivity index (χ2n) is 5.30. The molecule has 1 aliphatic carbocycles. The molecule has 1 heterocycles. The maximum atomic E-state index is 11.9. The number of aryl methyl sites for hydroxylation is 1. The van der Waals surface area contributed by atoms with Crippen molar-refractivity contribution in [3.8, 4) is 0 Å². The molecule has 112 valence electrons. The van der Waals surface area contributed by atoms with Gasteiger partial charge in [-0.05, 0) is 45.6 Å². The van der Waals surface area contributed by atoms with Gasteiger partial charge >= 0.3 is 0 Å². The van der Waals surface area contributed by atoms with E-state index in [2.05, 4.69) is 22.4 Å². The van der Waals surface area contributed by atoms with Crippen molar-refractivity contribution >= 4 is 29.0 Å². The van der Waals surface area contributed by atoms with Gasteiger partial charge in [-0.1, -0.05) is 30.0 Å². The third-order valence-electron chi connectivity index (χ3n) is 3.67. The summed E-state index contributed by atoms with van der Waals surface area (Å²) in [5.41, 5.74) is 5.13. The first kappa shape index (κ1) is 15.7. The van der Waals surface area contributed by atoms with Gasteiger partial charge in [-0.3, -0.25) is 4.79 Å². The number of amides is 1. The first-order valence-corrected chi connectivity index (χ1v) is 8.77. The Hall–Kier alpha value is -0.660. The summed E-state index contributed by atoms with van der Waals surface area (Å²) in [5.74, 6) is -0.218. The molecule has 0 spiro atoms. The number of thioether (sulfide) groups is 1. The summed E-state index contributed by atoms with van der Waals surface area (Å²) < 4.78 is 0.989. The highest BCUT2D eigenvalue weighted by Gasteiger charge is 2.41. The molecular formula is C13H22N4OS2. The Morgan fingerprint density at radius 3 is 3.00 bits per heavy atom. The summed E-state index contributed by atoms with van der Waals surface area (Å²) in [6.45, 7) is 4.89. The molecule has 0 aliphatic heterocycles. The number of carbonyl (C=O) groups excluding carboxylic acids is 1. The van der Waals surface area contributed by atoms with Crippen molar-refractivity contribution in [2.45, 2.75) is 61.1 Å². The van der Waals surface area contributed by atoms with Crippen molar-refractivity contribution in [2.75, 3.05) is 6.54 Å². The molecule has 2 atom stereocenters. The molecule has 0 bridgehead atoms. The van der Waals surface area contributed by atoms with Gasteiger partial charge in [-0.25, -0.2) is 0 Å². The van der Waals surface area contributed by atoms with Crippen LogP contribution in [0, 0.1) is 6.92 Å². The van der Waals surface area contributed by atoms with Crippen LogP contribution in [0.3, 0.4) is 0 Å². The van der Waals surface area contributed by atoms with Gasteiger partial charge in [0.15, 0.2) is 4.34 Å². The first-order valence-electron chi connectivity index (χ1n) is 7.07. The molecule has 0 saturated heterocycles. The quantitative estimate of drug-likeness (QED) is 0.840. The summed E-state index contributed by atoms with van der Waals surface area (Å²) in [4.78, 5) is 11.9. The third-order valence-corrected chi connectivity index (χ3v) is 5.86. The number of carbonyl (C=O) groups is 1. The lowest BCUT2D eigenvalue weighted by Crippen LogP contribution is -2.58. The zero-order valence-electron chi connectivity index (χ0n) is 12.0. The minimum atomic E-state index is -0.536. The Morgan fingerprint density at radius 2 is 2.40 bits per heavy atom. The lowest BCUT2D eigenvalue weighted by atomic mass is 9.80. The fourth-order valence-corrected chi connectivity index (χ4v) is 5.03. The first-order chi connectivity index (χ1) is 9.55. The van der Waals surface area contributed by atoms with E-state index in [0.717, 1.165) is 48.0 Å². The molecule has 1 aliphatic rings. The van der Waals surface area contributed by atoms with Gasteiger partial charge in [0.05, 0.1) is 5.54 Å². The number of hydrogen-bond donors (Lipinski definition) is 2. The molecule has 3 N–H and O–H groups in total. The molecule has 5 nitrogen and oxygen atoms in total. The van der Waals surface area contributed by atoms with Gasteiger partial charge in [0, 0.05) is 5.25 Å². The van der Waals surface area contributed by atoms with Crippen LogP contribution in [0.5, 0.6) is 0 Å². The Morgan fingerprint density at radius 1 is 1.60 bits per heavy atom. The third kappa shape index (κ3) is 3.71. The minimum Gasteiger partial charge on any atom is -0.368 e. The smallest absolute Gasteiger partial charge is 0.237 e. The van der Waals surface area contributed by atoms with Crippen LogP contribution in [-0.2, 0) is 4.79 Å². The van der Waals surface area contributed by atoms with E-state index in [-0.39, 0.29) is 5.91 Å². The van der Waals surface area contributed by atoms with Crippen LogP contribution < -0.4 is 11.1 Å². The molecule has 20 heavy (non-hydrogen) atoms. The van der Waals surface area contributed by atoms with Crippen LogP contribution in [0.1, 0.15) is 44.0 Å². The Kier molecular flexibility index (Phi) is 5.40. The van der Waals surface area contributed by atoms with Gasteiger partial charge in [-0.15, -0.1) is 10.2 Å². The van der Waals surface area contributed by atoms with Crippen LogP contribution in [0.4, 0.5) is 0 Å². The average Bonchev–Trinajstić information content (AvgIpc) is 2.82. The Labute approximate surface area is 128 Å². The highest BCUT2D eigenvalue weighted by Crippen LogP contribution is 2.39. The number of nitrogens with one attached hydrogen (secondary N) is 1. The molecule has 2 unspecified atom stereocenters. The number of hydrogen-bond acceptors (Lipinski definition) is 6. The highest BCUT2D eigenvalue weighted by atomic mass is 32.2. The highest BCUT2D eigenvalue weighted by molar-refractivity contribution is 8.01. The van der Waals surface area contributed by atoms with Gasteiger partial charge in [0.2, 0.25) is 5.91 Å². The van der Waals surface area contributed by atoms with E-state index in [1.54, 1.807) is 23.1 Å². The fourth-order valence-electron chi connectivity index (χ4n) is 2.63. The molecule has 1 fully saturated rings. The summed E-state index contributed by atoms with van der Waals surface area (Å²) in [7, 11) is 0. The molecule has 7 heteroatoms. The monoisotopic (exact) mass is 314 g/mol. The van der Waals surface area contributed by atoms with E-state index >= 15 is 0 Å². The number of nitrogens with zero attached hydrogens (tertiary/aromatic N) is 2. The standard InChI is InChI=1S/C13H22N4OS2/c1-3-7-15-13(11(14)18)6-4-5-10(8-13)20-12-17-16-9(2)19-12/h10,15H,3-8H2,1-2H3,(H2,14,18). The fraction of sp³-hybridized carbons (Fsp3) is 0.769. The molecule has 1 amide bonds. The normalized spacial score (nSPS) is 26.6. The molecule has 1 saturated carbocycles. The molecule has 0 aromatic carbocycles. The molecule has 1 aromatic heterocycles. The van der Waals surface area contributed by atoms with Crippen molar-refractivity contribution in [1.29, 1.82) is 0 Å². The van der Waals surface area contributed by atoms with Gasteiger partial charge in [-0.2, -0.15) is 0 Å². The van der Waals surface area contributed by atoms with E-state index < -0.39 is 5.54 Å². The number of rotatable bonds is 6. The molecular weight excluding hydrogens is 292 g/mol. The van der Waals surface area contributed by atoms with Crippen LogP contribution in [-0.4, -0.2) is 33.4 Å². The largest absolute Gasteiger partial charge is 0.368 e. The van der Waals surface area contributed by atoms with E-state index in [1.807, 2.05) is 6.92 Å². The molecule has 1 aromatic rings. The minimum absolute atomic E-state index is 0.218. The Balaban J connectivity index is 2.03. The summed E-state index contributed by atoms with van der Waals surface area (Å²) >= 11 is 3.35. The van der Waals surface area contributed by atoms with E-state index in [4.69, 9.17) is 5.73 Å².